The Morgan fingerprint density at radius 1 is 1.22 bits per heavy atom. The fourth-order valence-electron chi connectivity index (χ4n) is 2.00. The van der Waals surface area contributed by atoms with Crippen LogP contribution in [0, 0.1) is 5.92 Å². The van der Waals surface area contributed by atoms with Crippen molar-refractivity contribution >= 4 is 35.8 Å². The molecule has 3 N–H and O–H groups in total. The van der Waals surface area contributed by atoms with Crippen LogP contribution in [0.4, 0.5) is 0 Å². The van der Waals surface area contributed by atoms with E-state index in [1.54, 1.807) is 7.11 Å². The van der Waals surface area contributed by atoms with E-state index in [2.05, 4.69) is 20.9 Å². The van der Waals surface area contributed by atoms with Gasteiger partial charge < -0.3 is 20.7 Å². The van der Waals surface area contributed by atoms with Gasteiger partial charge in [-0.1, -0.05) is 6.42 Å². The summed E-state index contributed by atoms with van der Waals surface area (Å²) in [5.74, 6) is 1.27. The molecule has 0 aliphatic heterocycles. The molecule has 23 heavy (non-hydrogen) atoms. The topological polar surface area (TPSA) is 74.8 Å². The first-order valence-corrected chi connectivity index (χ1v) is 8.33. The highest BCUT2D eigenvalue weighted by atomic mass is 127. The van der Waals surface area contributed by atoms with Crippen molar-refractivity contribution in [2.45, 2.75) is 52.1 Å². The van der Waals surface area contributed by atoms with Crippen molar-refractivity contribution in [3.05, 3.63) is 0 Å². The fraction of sp³-hybridized carbons (Fsp3) is 0.875. The van der Waals surface area contributed by atoms with Crippen molar-refractivity contribution in [2.24, 2.45) is 10.9 Å². The van der Waals surface area contributed by atoms with Crippen molar-refractivity contribution < 1.29 is 9.53 Å². The molecule has 7 heteroatoms. The first-order chi connectivity index (χ1) is 10.5. The molecule has 0 bridgehead atoms. The van der Waals surface area contributed by atoms with E-state index in [-0.39, 0.29) is 41.4 Å². The summed E-state index contributed by atoms with van der Waals surface area (Å²) in [5.41, 5.74) is -0.265. The second kappa shape index (κ2) is 11.9. The van der Waals surface area contributed by atoms with Crippen LogP contribution in [0.5, 0.6) is 0 Å². The summed E-state index contributed by atoms with van der Waals surface area (Å²) in [5, 5.41) is 9.49. The third-order valence-electron chi connectivity index (χ3n) is 3.94. The number of nitrogens with zero attached hydrogens (tertiary/aromatic N) is 1. The van der Waals surface area contributed by atoms with E-state index in [4.69, 9.17) is 4.74 Å². The highest BCUT2D eigenvalue weighted by molar-refractivity contribution is 14.0. The molecule has 0 radical (unpaired) electrons. The zero-order chi connectivity index (χ0) is 16.4. The quantitative estimate of drug-likeness (QED) is 0.222. The van der Waals surface area contributed by atoms with Crippen molar-refractivity contribution in [2.75, 3.05) is 33.3 Å². The predicted molar refractivity (Wildman–Crippen MR) is 105 cm³/mol. The average molecular weight is 440 g/mol. The second-order valence-corrected chi connectivity index (χ2v) is 6.36. The van der Waals surface area contributed by atoms with E-state index in [1.807, 2.05) is 20.8 Å². The number of aliphatic imine (C=N–C) groups is 1. The number of guanidine groups is 1. The molecule has 1 amide bonds. The summed E-state index contributed by atoms with van der Waals surface area (Å²) >= 11 is 0. The van der Waals surface area contributed by atoms with E-state index in [0.29, 0.717) is 13.1 Å². The third-order valence-corrected chi connectivity index (χ3v) is 3.94. The molecule has 6 nitrogen and oxygen atoms in total. The number of rotatable bonds is 9. The first kappa shape index (κ1) is 22.4. The lowest BCUT2D eigenvalue weighted by Gasteiger charge is -2.24. The number of hydrogen-bond donors (Lipinski definition) is 3. The fourth-order valence-corrected chi connectivity index (χ4v) is 2.00. The molecule has 0 spiro atoms. The maximum absolute atomic E-state index is 11.7. The first-order valence-electron chi connectivity index (χ1n) is 8.33. The largest absolute Gasteiger partial charge is 0.377 e. The van der Waals surface area contributed by atoms with E-state index in [1.165, 1.54) is 6.42 Å². The van der Waals surface area contributed by atoms with Crippen LogP contribution in [-0.4, -0.2) is 50.8 Å². The van der Waals surface area contributed by atoms with E-state index >= 15 is 0 Å². The number of amides is 1. The monoisotopic (exact) mass is 440 g/mol. The van der Waals surface area contributed by atoms with Gasteiger partial charge in [0.25, 0.3) is 0 Å². The van der Waals surface area contributed by atoms with Gasteiger partial charge >= 0.3 is 0 Å². The van der Waals surface area contributed by atoms with Crippen LogP contribution in [0.2, 0.25) is 0 Å². The van der Waals surface area contributed by atoms with Gasteiger partial charge in [-0.15, -0.1) is 24.0 Å². The van der Waals surface area contributed by atoms with Gasteiger partial charge in [0.1, 0.15) is 0 Å². The molecular formula is C16H33IN4O2. The normalized spacial score (nSPS) is 15.4. The molecule has 1 aliphatic rings. The van der Waals surface area contributed by atoms with Crippen LogP contribution < -0.4 is 16.0 Å². The van der Waals surface area contributed by atoms with Crippen molar-refractivity contribution in [3.8, 4) is 0 Å². The Hall–Kier alpha value is -0.570. The molecule has 1 saturated carbocycles. The Morgan fingerprint density at radius 3 is 2.39 bits per heavy atom. The van der Waals surface area contributed by atoms with E-state index in [9.17, 15) is 4.79 Å². The average Bonchev–Trinajstić information content (AvgIpc) is 2.42. The van der Waals surface area contributed by atoms with Crippen LogP contribution in [0.3, 0.4) is 0 Å². The minimum absolute atomic E-state index is 0. The Bertz CT molecular complexity index is 371. The maximum atomic E-state index is 11.7. The third kappa shape index (κ3) is 9.34. The lowest BCUT2D eigenvalue weighted by Crippen LogP contribution is -2.41. The smallest absolute Gasteiger partial charge is 0.223 e. The van der Waals surface area contributed by atoms with Crippen LogP contribution in [0.1, 0.15) is 46.5 Å². The summed E-state index contributed by atoms with van der Waals surface area (Å²) in [6, 6.07) is 0. The molecule has 0 aromatic carbocycles. The molecule has 0 aromatic rings. The Morgan fingerprint density at radius 2 is 1.87 bits per heavy atom. The van der Waals surface area contributed by atoms with Crippen LogP contribution >= 0.6 is 24.0 Å². The van der Waals surface area contributed by atoms with Gasteiger partial charge in [-0.3, -0.25) is 9.79 Å². The van der Waals surface area contributed by atoms with E-state index in [0.717, 1.165) is 38.3 Å². The molecule has 0 heterocycles. The number of methoxy groups -OCH3 is 1. The van der Waals surface area contributed by atoms with Gasteiger partial charge in [0.15, 0.2) is 5.96 Å². The molecule has 1 rings (SSSR count). The lowest BCUT2D eigenvalue weighted by atomic mass is 9.85. The second-order valence-electron chi connectivity index (χ2n) is 6.36. The Kier molecular flexibility index (Phi) is 11.6. The van der Waals surface area contributed by atoms with Gasteiger partial charge in [-0.25, -0.2) is 0 Å². The van der Waals surface area contributed by atoms with Gasteiger partial charge in [0.2, 0.25) is 5.91 Å². The number of halogens is 1. The SMILES string of the molecule is CCNC(=NCC(C)(C)OC)NCCCNC(=O)C1CCC1.I. The van der Waals surface area contributed by atoms with Gasteiger partial charge in [0, 0.05) is 32.7 Å². The Labute approximate surface area is 157 Å². The standard InChI is InChI=1S/C16H32N4O2.HI/c1-5-17-15(20-12-16(2,3)22-4)19-11-7-10-18-14(21)13-8-6-9-13;/h13H,5-12H2,1-4H3,(H,18,21)(H2,17,19,20);1H. The summed E-state index contributed by atoms with van der Waals surface area (Å²) in [7, 11) is 1.70. The molecule has 0 saturated heterocycles. The van der Waals surface area contributed by atoms with Crippen molar-refractivity contribution in [1.82, 2.24) is 16.0 Å². The van der Waals surface area contributed by atoms with E-state index < -0.39 is 0 Å². The minimum atomic E-state index is -0.265. The summed E-state index contributed by atoms with van der Waals surface area (Å²) in [4.78, 5) is 16.2. The number of ether oxygens (including phenoxy) is 1. The lowest BCUT2D eigenvalue weighted by molar-refractivity contribution is -0.127. The molecule has 1 aliphatic carbocycles. The number of nitrogens with one attached hydrogen (secondary N) is 3. The van der Waals surface area contributed by atoms with Gasteiger partial charge in [0.05, 0.1) is 12.1 Å². The number of carbonyl (C=O) groups is 1. The van der Waals surface area contributed by atoms with Crippen LogP contribution in [0.15, 0.2) is 4.99 Å². The molecular weight excluding hydrogens is 407 g/mol. The minimum Gasteiger partial charge on any atom is -0.377 e. The molecule has 0 atom stereocenters. The number of hydrogen-bond acceptors (Lipinski definition) is 3. The zero-order valence-corrected chi connectivity index (χ0v) is 17.2. The summed E-state index contributed by atoms with van der Waals surface area (Å²) < 4.78 is 5.36. The van der Waals surface area contributed by atoms with Gasteiger partial charge in [-0.2, -0.15) is 0 Å². The highest BCUT2D eigenvalue weighted by Gasteiger charge is 2.24. The highest BCUT2D eigenvalue weighted by Crippen LogP contribution is 2.25. The molecule has 0 aromatic heterocycles. The van der Waals surface area contributed by atoms with Gasteiger partial charge in [-0.05, 0) is 40.0 Å². The number of carbonyl (C=O) groups excluding carboxylic acids is 1. The van der Waals surface area contributed by atoms with Crippen LogP contribution in [-0.2, 0) is 9.53 Å². The zero-order valence-electron chi connectivity index (χ0n) is 14.9. The predicted octanol–water partition coefficient (Wildman–Crippen LogP) is 1.89. The van der Waals surface area contributed by atoms with Crippen molar-refractivity contribution in [3.63, 3.8) is 0 Å². The maximum Gasteiger partial charge on any atom is 0.223 e. The van der Waals surface area contributed by atoms with Crippen LogP contribution in [0.25, 0.3) is 0 Å². The molecule has 0 unspecified atom stereocenters. The summed E-state index contributed by atoms with van der Waals surface area (Å²) in [6.07, 6.45) is 4.18. The summed E-state index contributed by atoms with van der Waals surface area (Å²) in [6.45, 7) is 8.97. The molecule has 1 fully saturated rings. The van der Waals surface area contributed by atoms with Crippen molar-refractivity contribution in [1.29, 1.82) is 0 Å². The Balaban J connectivity index is 0.00000484. The molecule has 136 valence electrons.